The first-order valence-electron chi connectivity index (χ1n) is 22.4. The summed E-state index contributed by atoms with van der Waals surface area (Å²) >= 11 is 0. The second-order valence-corrected chi connectivity index (χ2v) is 16.7. The lowest BCUT2D eigenvalue weighted by Gasteiger charge is -2.30. The van der Waals surface area contributed by atoms with Crippen molar-refractivity contribution >= 4 is 17.9 Å². The van der Waals surface area contributed by atoms with Gasteiger partial charge in [-0.1, -0.05) is 81.4 Å². The fourth-order valence-electron chi connectivity index (χ4n) is 6.41. The van der Waals surface area contributed by atoms with Gasteiger partial charge < -0.3 is 58.3 Å². The standard InChI is InChI=1S/C55H64O15/c1-34(2)38(9)63-26-43(56)27-64-47-18-10-39(11-19-47)51(40-12-20-48(21-13-40)65-28-44(57)31-68-53(60)35(3)4)52(41-14-22-49(23-15-41)66-29-45(58)32-69-54(61)36(5)6)42-16-24-50(25-17-42)67-30-46(59)33-70-55(62)37(7)8/h10-25,43-46,51-52,56-59H,1,3,5,7,9,26-33H2,2,4,6,8H3. The Balaban J connectivity index is 1.69. The summed E-state index contributed by atoms with van der Waals surface area (Å²) in [5.41, 5.74) is 4.76. The van der Waals surface area contributed by atoms with Crippen molar-refractivity contribution in [1.29, 1.82) is 0 Å². The van der Waals surface area contributed by atoms with Gasteiger partial charge in [0.05, 0.1) is 0 Å². The molecule has 0 radical (unpaired) electrons. The van der Waals surface area contributed by atoms with Crippen molar-refractivity contribution in [2.24, 2.45) is 0 Å². The van der Waals surface area contributed by atoms with Gasteiger partial charge in [-0.15, -0.1) is 0 Å². The summed E-state index contributed by atoms with van der Waals surface area (Å²) in [5.74, 6) is -0.387. The third kappa shape index (κ3) is 18.4. The smallest absolute Gasteiger partial charge is 0.333 e. The number of hydrogen-bond donors (Lipinski definition) is 4. The Kier molecular flexibility index (Phi) is 22.0. The van der Waals surface area contributed by atoms with Gasteiger partial charge >= 0.3 is 17.9 Å². The van der Waals surface area contributed by atoms with E-state index in [-0.39, 0.29) is 69.6 Å². The molecule has 0 aliphatic carbocycles. The van der Waals surface area contributed by atoms with Gasteiger partial charge in [0, 0.05) is 28.6 Å². The van der Waals surface area contributed by atoms with Crippen molar-refractivity contribution in [2.45, 2.75) is 63.9 Å². The first-order valence-corrected chi connectivity index (χ1v) is 22.4. The molecule has 15 heteroatoms. The van der Waals surface area contributed by atoms with Crippen molar-refractivity contribution in [3.8, 4) is 23.0 Å². The zero-order valence-corrected chi connectivity index (χ0v) is 40.2. The van der Waals surface area contributed by atoms with Crippen molar-refractivity contribution in [3.63, 3.8) is 0 Å². The van der Waals surface area contributed by atoms with Crippen molar-refractivity contribution in [2.75, 3.05) is 52.9 Å². The quantitative estimate of drug-likeness (QED) is 0.0136. The van der Waals surface area contributed by atoms with Gasteiger partial charge in [0.25, 0.3) is 0 Å². The highest BCUT2D eigenvalue weighted by Gasteiger charge is 2.29. The molecule has 0 aliphatic heterocycles. The molecule has 4 N–H and O–H groups in total. The molecule has 0 fully saturated rings. The molecule has 0 saturated carbocycles. The van der Waals surface area contributed by atoms with E-state index >= 15 is 0 Å². The second kappa shape index (κ2) is 27.7. The lowest BCUT2D eigenvalue weighted by molar-refractivity contribution is -0.143. The van der Waals surface area contributed by atoms with Gasteiger partial charge in [0.2, 0.25) is 0 Å². The van der Waals surface area contributed by atoms with Crippen LogP contribution in [0.25, 0.3) is 0 Å². The van der Waals surface area contributed by atoms with Crippen LogP contribution in [0, 0.1) is 0 Å². The SMILES string of the molecule is C=C(C)C(=C)OCC(O)COc1ccc(C(c2ccc(OCC(O)COC(=O)C(=C)C)cc2)C(c2ccc(OCC(O)COC(=O)C(=C)C)cc2)c2ccc(OCC(O)COC(=O)C(=C)C)cc2)cc1. The number of ether oxygens (including phenoxy) is 8. The highest BCUT2D eigenvalue weighted by molar-refractivity contribution is 5.87. The Bertz CT molecular complexity index is 2050. The van der Waals surface area contributed by atoms with Crippen LogP contribution in [0.4, 0.5) is 0 Å². The summed E-state index contributed by atoms with van der Waals surface area (Å²) in [6.45, 7) is 23.2. The van der Waals surface area contributed by atoms with Crippen molar-refractivity contribution < 1.29 is 72.7 Å². The van der Waals surface area contributed by atoms with Gasteiger partial charge in [-0.05, 0) is 104 Å². The van der Waals surface area contributed by atoms with E-state index in [1.54, 1.807) is 43.3 Å². The number of carbonyl (C=O) groups excluding carboxylic acids is 3. The van der Waals surface area contributed by atoms with E-state index in [0.29, 0.717) is 34.3 Å². The molecule has 5 unspecified atom stereocenters. The number of hydrogen-bond acceptors (Lipinski definition) is 15. The fraction of sp³-hybridized carbons (Fsp3) is 0.327. The maximum Gasteiger partial charge on any atom is 0.333 e. The molecule has 0 spiro atoms. The van der Waals surface area contributed by atoms with Crippen LogP contribution in [0.3, 0.4) is 0 Å². The van der Waals surface area contributed by atoms with E-state index in [1.807, 2.05) is 60.7 Å². The third-order valence-electron chi connectivity index (χ3n) is 10.3. The predicted octanol–water partition coefficient (Wildman–Crippen LogP) is 7.07. The van der Waals surface area contributed by atoms with E-state index in [1.165, 1.54) is 20.8 Å². The maximum absolute atomic E-state index is 11.8. The second-order valence-electron chi connectivity index (χ2n) is 16.7. The third-order valence-corrected chi connectivity index (χ3v) is 10.3. The highest BCUT2D eigenvalue weighted by atomic mass is 16.6. The van der Waals surface area contributed by atoms with Crippen LogP contribution < -0.4 is 18.9 Å². The first kappa shape index (κ1) is 55.4. The Morgan fingerprint density at radius 3 is 0.771 bits per heavy atom. The average Bonchev–Trinajstić information content (AvgIpc) is 3.35. The number of carbonyl (C=O) groups is 3. The molecule has 4 rings (SSSR count). The summed E-state index contributed by atoms with van der Waals surface area (Å²) in [4.78, 5) is 35.5. The topological polar surface area (TPSA) is 206 Å². The number of esters is 3. The van der Waals surface area contributed by atoms with E-state index in [0.717, 1.165) is 22.3 Å². The monoisotopic (exact) mass is 964 g/mol. The minimum absolute atomic E-state index is 0.0285. The number of allylic oxidation sites excluding steroid dienone is 1. The molecule has 4 aromatic rings. The molecule has 0 aromatic heterocycles. The number of aliphatic hydroxyl groups excluding tert-OH is 4. The van der Waals surface area contributed by atoms with E-state index in [4.69, 9.17) is 37.9 Å². The Morgan fingerprint density at radius 1 is 0.357 bits per heavy atom. The van der Waals surface area contributed by atoms with Crippen molar-refractivity contribution in [3.05, 3.63) is 180 Å². The lowest BCUT2D eigenvalue weighted by atomic mass is 9.73. The Labute approximate surface area is 409 Å². The minimum atomic E-state index is -1.09. The molecule has 0 heterocycles. The largest absolute Gasteiger partial charge is 0.491 e. The van der Waals surface area contributed by atoms with Gasteiger partial charge in [-0.2, -0.15) is 0 Å². The van der Waals surface area contributed by atoms with Crippen LogP contribution in [0.1, 0.15) is 61.8 Å². The average molecular weight is 965 g/mol. The zero-order chi connectivity index (χ0) is 51.3. The van der Waals surface area contributed by atoms with Gasteiger partial charge in [-0.3, -0.25) is 0 Å². The number of aliphatic hydroxyl groups is 4. The molecule has 15 nitrogen and oxygen atoms in total. The highest BCUT2D eigenvalue weighted by Crippen LogP contribution is 2.44. The van der Waals surface area contributed by atoms with Crippen LogP contribution in [0.15, 0.2) is 158 Å². The molecular weight excluding hydrogens is 901 g/mol. The molecular formula is C55H64O15. The number of benzene rings is 4. The summed E-state index contributed by atoms with van der Waals surface area (Å²) in [6.07, 6.45) is -4.21. The predicted molar refractivity (Wildman–Crippen MR) is 263 cm³/mol. The molecule has 5 atom stereocenters. The first-order chi connectivity index (χ1) is 33.3. The molecule has 70 heavy (non-hydrogen) atoms. The summed E-state index contributed by atoms with van der Waals surface area (Å²) < 4.78 is 44.2. The van der Waals surface area contributed by atoms with Gasteiger partial charge in [-0.25, -0.2) is 14.4 Å². The van der Waals surface area contributed by atoms with Gasteiger partial charge in [0.15, 0.2) is 0 Å². The molecule has 374 valence electrons. The number of rotatable bonds is 30. The van der Waals surface area contributed by atoms with Crippen LogP contribution in [-0.2, 0) is 33.3 Å². The van der Waals surface area contributed by atoms with Crippen LogP contribution >= 0.6 is 0 Å². The molecule has 0 amide bonds. The minimum Gasteiger partial charge on any atom is -0.491 e. The zero-order valence-electron chi connectivity index (χ0n) is 40.2. The Morgan fingerprint density at radius 2 is 0.571 bits per heavy atom. The normalized spacial score (nSPS) is 13.4. The lowest BCUT2D eigenvalue weighted by Crippen LogP contribution is -2.25. The van der Waals surface area contributed by atoms with Crippen LogP contribution in [-0.4, -0.2) is 116 Å². The molecule has 4 aromatic carbocycles. The fourth-order valence-corrected chi connectivity index (χ4v) is 6.41. The van der Waals surface area contributed by atoms with Crippen molar-refractivity contribution in [1.82, 2.24) is 0 Å². The maximum atomic E-state index is 11.8. The molecule has 0 saturated heterocycles. The molecule has 0 bridgehead atoms. The Hall–Kier alpha value is -7.17. The molecule has 0 aliphatic rings. The summed E-state index contributed by atoms with van der Waals surface area (Å²) in [5, 5.41) is 41.9. The van der Waals surface area contributed by atoms with E-state index in [9.17, 15) is 34.8 Å². The van der Waals surface area contributed by atoms with E-state index < -0.39 is 54.2 Å². The van der Waals surface area contributed by atoms with Gasteiger partial charge in [0.1, 0.15) is 106 Å². The summed E-state index contributed by atoms with van der Waals surface area (Å²) in [7, 11) is 0. The van der Waals surface area contributed by atoms with Crippen LogP contribution in [0.5, 0.6) is 23.0 Å². The van der Waals surface area contributed by atoms with E-state index in [2.05, 4.69) is 32.9 Å². The summed E-state index contributed by atoms with van der Waals surface area (Å²) in [6, 6.07) is 29.6. The van der Waals surface area contributed by atoms with Crippen LogP contribution in [0.2, 0.25) is 0 Å².